The second-order valence-electron chi connectivity index (χ2n) is 5.06. The minimum Gasteiger partial charge on any atom is -0.370 e. The van der Waals surface area contributed by atoms with Crippen molar-refractivity contribution in [2.75, 3.05) is 11.9 Å². The molecule has 3 N–H and O–H groups in total. The SMILES string of the molecule is NC(=O)CCCCNc1ncnc2c1CCCCC2. The van der Waals surface area contributed by atoms with Gasteiger partial charge >= 0.3 is 0 Å². The van der Waals surface area contributed by atoms with Crippen molar-refractivity contribution >= 4 is 11.7 Å². The van der Waals surface area contributed by atoms with E-state index in [2.05, 4.69) is 15.3 Å². The van der Waals surface area contributed by atoms with Crippen LogP contribution < -0.4 is 11.1 Å². The lowest BCUT2D eigenvalue weighted by Gasteiger charge is -2.12. The van der Waals surface area contributed by atoms with Crippen molar-refractivity contribution in [3.05, 3.63) is 17.6 Å². The first-order valence-electron chi connectivity index (χ1n) is 7.12. The summed E-state index contributed by atoms with van der Waals surface area (Å²) in [6, 6.07) is 0. The van der Waals surface area contributed by atoms with Gasteiger partial charge in [0.2, 0.25) is 5.91 Å². The van der Waals surface area contributed by atoms with Crippen LogP contribution in [-0.2, 0) is 17.6 Å². The van der Waals surface area contributed by atoms with Gasteiger partial charge in [0.05, 0.1) is 0 Å². The lowest BCUT2D eigenvalue weighted by atomic mass is 10.1. The minimum atomic E-state index is -0.226. The fourth-order valence-electron chi connectivity index (χ4n) is 2.48. The number of fused-ring (bicyclic) bond motifs is 1. The van der Waals surface area contributed by atoms with Crippen LogP contribution >= 0.6 is 0 Å². The van der Waals surface area contributed by atoms with E-state index < -0.39 is 0 Å². The summed E-state index contributed by atoms with van der Waals surface area (Å²) in [4.78, 5) is 19.4. The van der Waals surface area contributed by atoms with Crippen LogP contribution in [0.1, 0.15) is 49.8 Å². The number of rotatable bonds is 6. The predicted molar refractivity (Wildman–Crippen MR) is 74.8 cm³/mol. The molecule has 5 heteroatoms. The second-order valence-corrected chi connectivity index (χ2v) is 5.06. The Morgan fingerprint density at radius 1 is 1.21 bits per heavy atom. The van der Waals surface area contributed by atoms with Gasteiger partial charge in [0.25, 0.3) is 0 Å². The van der Waals surface area contributed by atoms with E-state index in [1.165, 1.54) is 30.5 Å². The maximum absolute atomic E-state index is 10.6. The van der Waals surface area contributed by atoms with Crippen LogP contribution in [0.25, 0.3) is 0 Å². The number of primary amides is 1. The van der Waals surface area contributed by atoms with Gasteiger partial charge in [0.15, 0.2) is 0 Å². The Morgan fingerprint density at radius 2 is 2.05 bits per heavy atom. The molecule has 19 heavy (non-hydrogen) atoms. The number of unbranched alkanes of at least 4 members (excludes halogenated alkanes) is 1. The molecule has 104 valence electrons. The summed E-state index contributed by atoms with van der Waals surface area (Å²) < 4.78 is 0. The van der Waals surface area contributed by atoms with Crippen molar-refractivity contribution in [1.29, 1.82) is 0 Å². The van der Waals surface area contributed by atoms with Crippen LogP contribution in [0.5, 0.6) is 0 Å². The van der Waals surface area contributed by atoms with Crippen molar-refractivity contribution in [1.82, 2.24) is 9.97 Å². The van der Waals surface area contributed by atoms with Crippen LogP contribution in [0.15, 0.2) is 6.33 Å². The number of aryl methyl sites for hydroxylation is 1. The third-order valence-corrected chi connectivity index (χ3v) is 3.52. The summed E-state index contributed by atoms with van der Waals surface area (Å²) >= 11 is 0. The number of nitrogens with two attached hydrogens (primary N) is 1. The van der Waals surface area contributed by atoms with Crippen molar-refractivity contribution in [2.24, 2.45) is 5.73 Å². The van der Waals surface area contributed by atoms with Crippen LogP contribution in [0.4, 0.5) is 5.82 Å². The highest BCUT2D eigenvalue weighted by molar-refractivity contribution is 5.73. The Kier molecular flexibility index (Phi) is 5.12. The Morgan fingerprint density at radius 3 is 2.89 bits per heavy atom. The lowest BCUT2D eigenvalue weighted by molar-refractivity contribution is -0.118. The zero-order chi connectivity index (χ0) is 13.5. The number of hydrogen-bond acceptors (Lipinski definition) is 4. The molecular weight excluding hydrogens is 240 g/mol. The first-order chi connectivity index (χ1) is 9.27. The Bertz CT molecular complexity index is 433. The van der Waals surface area contributed by atoms with Gasteiger partial charge in [-0.3, -0.25) is 4.79 Å². The summed E-state index contributed by atoms with van der Waals surface area (Å²) in [7, 11) is 0. The molecule has 0 atom stereocenters. The normalized spacial score (nSPS) is 14.5. The quantitative estimate of drug-likeness (QED) is 0.605. The van der Waals surface area contributed by atoms with Gasteiger partial charge in [-0.2, -0.15) is 0 Å². The number of amides is 1. The molecule has 1 heterocycles. The highest BCUT2D eigenvalue weighted by Crippen LogP contribution is 2.23. The topological polar surface area (TPSA) is 80.9 Å². The number of nitrogens with one attached hydrogen (secondary N) is 1. The molecule has 2 rings (SSSR count). The zero-order valence-corrected chi connectivity index (χ0v) is 11.3. The first kappa shape index (κ1) is 13.8. The molecule has 0 radical (unpaired) electrons. The molecular formula is C14H22N4O. The van der Waals surface area contributed by atoms with Crippen LogP contribution in [-0.4, -0.2) is 22.4 Å². The van der Waals surface area contributed by atoms with Gasteiger partial charge in [-0.25, -0.2) is 9.97 Å². The van der Waals surface area contributed by atoms with E-state index in [0.717, 1.165) is 38.0 Å². The van der Waals surface area contributed by atoms with Gasteiger partial charge in [-0.05, 0) is 38.5 Å². The molecule has 0 fully saturated rings. The molecule has 1 aliphatic rings. The highest BCUT2D eigenvalue weighted by Gasteiger charge is 2.13. The fraction of sp³-hybridized carbons (Fsp3) is 0.643. The largest absolute Gasteiger partial charge is 0.370 e. The Hall–Kier alpha value is -1.65. The Balaban J connectivity index is 1.88. The molecule has 0 saturated carbocycles. The maximum Gasteiger partial charge on any atom is 0.217 e. The third-order valence-electron chi connectivity index (χ3n) is 3.52. The number of anilines is 1. The van der Waals surface area contributed by atoms with E-state index in [1.807, 2.05) is 0 Å². The van der Waals surface area contributed by atoms with Crippen LogP contribution in [0.3, 0.4) is 0 Å². The first-order valence-corrected chi connectivity index (χ1v) is 7.12. The summed E-state index contributed by atoms with van der Waals surface area (Å²) in [5, 5.41) is 3.37. The van der Waals surface area contributed by atoms with Gasteiger partial charge in [-0.15, -0.1) is 0 Å². The molecule has 5 nitrogen and oxygen atoms in total. The molecule has 0 aromatic carbocycles. The van der Waals surface area contributed by atoms with E-state index in [1.54, 1.807) is 6.33 Å². The summed E-state index contributed by atoms with van der Waals surface area (Å²) in [5.74, 6) is 0.752. The number of carbonyl (C=O) groups is 1. The van der Waals surface area contributed by atoms with Crippen LogP contribution in [0.2, 0.25) is 0 Å². The van der Waals surface area contributed by atoms with Crippen molar-refractivity contribution in [2.45, 2.75) is 51.4 Å². The van der Waals surface area contributed by atoms with E-state index >= 15 is 0 Å². The number of hydrogen-bond donors (Lipinski definition) is 2. The lowest BCUT2D eigenvalue weighted by Crippen LogP contribution is -2.12. The van der Waals surface area contributed by atoms with E-state index in [9.17, 15) is 4.79 Å². The molecule has 1 amide bonds. The molecule has 0 saturated heterocycles. The number of aromatic nitrogens is 2. The Labute approximate surface area is 114 Å². The smallest absolute Gasteiger partial charge is 0.217 e. The molecule has 1 aliphatic carbocycles. The van der Waals surface area contributed by atoms with E-state index in [0.29, 0.717) is 6.42 Å². The number of nitrogens with zero attached hydrogens (tertiary/aromatic N) is 2. The average Bonchev–Trinajstić information content (AvgIpc) is 2.63. The third kappa shape index (κ3) is 4.19. The molecule has 0 bridgehead atoms. The fourth-order valence-corrected chi connectivity index (χ4v) is 2.48. The molecule has 1 aromatic rings. The maximum atomic E-state index is 10.6. The monoisotopic (exact) mass is 262 g/mol. The summed E-state index contributed by atoms with van der Waals surface area (Å²) in [6.45, 7) is 0.830. The van der Waals surface area contributed by atoms with Crippen LogP contribution in [0, 0.1) is 0 Å². The highest BCUT2D eigenvalue weighted by atomic mass is 16.1. The molecule has 0 aliphatic heterocycles. The van der Waals surface area contributed by atoms with Crippen molar-refractivity contribution < 1.29 is 4.79 Å². The number of carbonyl (C=O) groups excluding carboxylic acids is 1. The molecule has 0 spiro atoms. The van der Waals surface area contributed by atoms with E-state index in [-0.39, 0.29) is 5.91 Å². The van der Waals surface area contributed by atoms with Gasteiger partial charge in [-0.1, -0.05) is 6.42 Å². The van der Waals surface area contributed by atoms with Gasteiger partial charge in [0, 0.05) is 24.2 Å². The second kappa shape index (κ2) is 7.07. The molecule has 1 aromatic heterocycles. The summed E-state index contributed by atoms with van der Waals surface area (Å²) in [5.41, 5.74) is 7.60. The minimum absolute atomic E-state index is 0.226. The van der Waals surface area contributed by atoms with E-state index in [4.69, 9.17) is 5.73 Å². The van der Waals surface area contributed by atoms with Crippen molar-refractivity contribution in [3.8, 4) is 0 Å². The average molecular weight is 262 g/mol. The summed E-state index contributed by atoms with van der Waals surface area (Å²) in [6.07, 6.45) is 9.72. The van der Waals surface area contributed by atoms with Gasteiger partial charge in [0.1, 0.15) is 12.1 Å². The van der Waals surface area contributed by atoms with Gasteiger partial charge < -0.3 is 11.1 Å². The zero-order valence-electron chi connectivity index (χ0n) is 11.3. The predicted octanol–water partition coefficient (Wildman–Crippen LogP) is 1.81. The van der Waals surface area contributed by atoms with Crippen molar-refractivity contribution in [3.63, 3.8) is 0 Å². The standard InChI is InChI=1S/C14H22N4O/c15-13(19)8-4-5-9-16-14-11-6-2-1-3-7-12(11)17-10-18-14/h10H,1-9H2,(H2,15,19)(H,16,17,18). The molecule has 0 unspecified atom stereocenters.